The average molecular weight is 242 g/mol. The third-order valence-electron chi connectivity index (χ3n) is 3.01. The summed E-state index contributed by atoms with van der Waals surface area (Å²) in [5, 5.41) is 9.24. The van der Waals surface area contributed by atoms with Crippen LogP contribution in [0.4, 0.5) is 0 Å². The van der Waals surface area contributed by atoms with Crippen molar-refractivity contribution in [1.82, 2.24) is 19.9 Å². The molecule has 0 atom stereocenters. The maximum Gasteiger partial charge on any atom is 0.192 e. The Bertz CT molecular complexity index is 696. The fourth-order valence-corrected chi connectivity index (χ4v) is 2.11. The van der Waals surface area contributed by atoms with Crippen LogP contribution in [0.15, 0.2) is 29.2 Å². The fraction of sp³-hybridized carbons (Fsp3) is 0.308. The Morgan fingerprint density at radius 1 is 1.28 bits per heavy atom. The van der Waals surface area contributed by atoms with E-state index >= 15 is 0 Å². The monoisotopic (exact) mass is 242 g/mol. The number of benzene rings is 1. The molecule has 0 amide bonds. The lowest BCUT2D eigenvalue weighted by Gasteiger charge is -2.08. The summed E-state index contributed by atoms with van der Waals surface area (Å²) in [4.78, 5) is 4.13. The van der Waals surface area contributed by atoms with Crippen molar-refractivity contribution in [2.24, 2.45) is 0 Å². The van der Waals surface area contributed by atoms with Gasteiger partial charge in [0.15, 0.2) is 5.58 Å². The quantitative estimate of drug-likeness (QED) is 0.693. The first-order chi connectivity index (χ1) is 8.66. The van der Waals surface area contributed by atoms with Crippen LogP contribution < -0.4 is 0 Å². The molecule has 0 aliphatic rings. The zero-order valence-electron chi connectivity index (χ0n) is 10.6. The second-order valence-electron chi connectivity index (χ2n) is 4.63. The van der Waals surface area contributed by atoms with Crippen molar-refractivity contribution in [1.29, 1.82) is 0 Å². The molecule has 0 unspecified atom stereocenters. The normalized spacial score (nSPS) is 11.6. The van der Waals surface area contributed by atoms with Crippen molar-refractivity contribution in [2.75, 3.05) is 0 Å². The van der Waals surface area contributed by atoms with Gasteiger partial charge in [0.25, 0.3) is 0 Å². The Morgan fingerprint density at radius 3 is 2.78 bits per heavy atom. The van der Waals surface area contributed by atoms with Crippen molar-refractivity contribution < 1.29 is 4.52 Å². The summed E-state index contributed by atoms with van der Waals surface area (Å²) in [7, 11) is 0. The predicted octanol–water partition coefficient (Wildman–Crippen LogP) is 2.84. The minimum atomic E-state index is 0.429. The van der Waals surface area contributed by atoms with Crippen molar-refractivity contribution in [3.05, 3.63) is 36.0 Å². The Labute approximate surface area is 104 Å². The fourth-order valence-electron chi connectivity index (χ4n) is 2.11. The van der Waals surface area contributed by atoms with E-state index in [-0.39, 0.29) is 0 Å². The standard InChI is InChI=1S/C13H14N4O/c1-8(2)10-4-5-12(13-11(10)6-15-18-13)17-7-14-9(3)16-17/h4-8H,1-3H3. The molecule has 5 heteroatoms. The molecule has 1 aromatic carbocycles. The van der Waals surface area contributed by atoms with Gasteiger partial charge in [0.1, 0.15) is 17.8 Å². The molecular weight excluding hydrogens is 228 g/mol. The van der Waals surface area contributed by atoms with Crippen molar-refractivity contribution >= 4 is 11.0 Å². The molecular formula is C13H14N4O. The average Bonchev–Trinajstić information content (AvgIpc) is 2.95. The topological polar surface area (TPSA) is 56.7 Å². The molecule has 2 aromatic heterocycles. The summed E-state index contributed by atoms with van der Waals surface area (Å²) in [6, 6.07) is 4.09. The maximum absolute atomic E-state index is 5.36. The molecule has 0 radical (unpaired) electrons. The van der Waals surface area contributed by atoms with Gasteiger partial charge in [-0.05, 0) is 24.5 Å². The zero-order valence-corrected chi connectivity index (χ0v) is 10.6. The van der Waals surface area contributed by atoms with Gasteiger partial charge in [-0.25, -0.2) is 9.67 Å². The molecule has 3 rings (SSSR count). The zero-order chi connectivity index (χ0) is 12.7. The van der Waals surface area contributed by atoms with E-state index in [1.54, 1.807) is 17.2 Å². The summed E-state index contributed by atoms with van der Waals surface area (Å²) >= 11 is 0. The molecule has 2 heterocycles. The van der Waals surface area contributed by atoms with Crippen LogP contribution in [-0.2, 0) is 0 Å². The summed E-state index contributed by atoms with van der Waals surface area (Å²) in [6.07, 6.45) is 3.44. The Morgan fingerprint density at radius 2 is 2.11 bits per heavy atom. The highest BCUT2D eigenvalue weighted by molar-refractivity contribution is 5.87. The second kappa shape index (κ2) is 3.94. The Balaban J connectivity index is 2.26. The van der Waals surface area contributed by atoms with Crippen LogP contribution in [0.3, 0.4) is 0 Å². The van der Waals surface area contributed by atoms with Crippen LogP contribution in [0, 0.1) is 6.92 Å². The number of hydrogen-bond acceptors (Lipinski definition) is 4. The molecule has 0 aliphatic heterocycles. The van der Waals surface area contributed by atoms with Crippen LogP contribution in [0.1, 0.15) is 31.2 Å². The SMILES string of the molecule is Cc1ncn(-c2ccc(C(C)C)c3cnoc23)n1. The first-order valence-corrected chi connectivity index (χ1v) is 5.92. The highest BCUT2D eigenvalue weighted by atomic mass is 16.5. The lowest BCUT2D eigenvalue weighted by atomic mass is 9.99. The van der Waals surface area contributed by atoms with E-state index in [2.05, 4.69) is 35.2 Å². The summed E-state index contributed by atoms with van der Waals surface area (Å²) in [5.74, 6) is 1.16. The maximum atomic E-state index is 5.36. The lowest BCUT2D eigenvalue weighted by molar-refractivity contribution is 0.454. The third kappa shape index (κ3) is 1.59. The number of aromatic nitrogens is 4. The van der Waals surface area contributed by atoms with E-state index < -0.39 is 0 Å². The van der Waals surface area contributed by atoms with Crippen LogP contribution in [0.25, 0.3) is 16.7 Å². The van der Waals surface area contributed by atoms with Gasteiger partial charge in [0.2, 0.25) is 0 Å². The number of hydrogen-bond donors (Lipinski definition) is 0. The summed E-state index contributed by atoms with van der Waals surface area (Å²) in [5.41, 5.74) is 2.85. The Hall–Kier alpha value is -2.17. The van der Waals surface area contributed by atoms with E-state index in [1.807, 2.05) is 13.0 Å². The van der Waals surface area contributed by atoms with Crippen molar-refractivity contribution in [3.63, 3.8) is 0 Å². The molecule has 0 aliphatic carbocycles. The van der Waals surface area contributed by atoms with Gasteiger partial charge in [-0.1, -0.05) is 25.1 Å². The van der Waals surface area contributed by atoms with Gasteiger partial charge in [-0.15, -0.1) is 0 Å². The number of nitrogens with zero attached hydrogens (tertiary/aromatic N) is 4. The van der Waals surface area contributed by atoms with Gasteiger partial charge in [0.05, 0.1) is 6.20 Å². The van der Waals surface area contributed by atoms with Crippen LogP contribution in [-0.4, -0.2) is 19.9 Å². The minimum Gasteiger partial charge on any atom is -0.354 e. The molecule has 18 heavy (non-hydrogen) atoms. The van der Waals surface area contributed by atoms with Crippen molar-refractivity contribution in [2.45, 2.75) is 26.7 Å². The summed E-state index contributed by atoms with van der Waals surface area (Å²) in [6.45, 7) is 6.17. The molecule has 0 spiro atoms. The molecule has 3 aromatic rings. The van der Waals surface area contributed by atoms with Crippen LogP contribution >= 0.6 is 0 Å². The molecule has 0 bridgehead atoms. The van der Waals surface area contributed by atoms with E-state index in [1.165, 1.54) is 5.56 Å². The van der Waals surface area contributed by atoms with E-state index in [9.17, 15) is 0 Å². The van der Waals surface area contributed by atoms with Gasteiger partial charge in [-0.3, -0.25) is 0 Å². The second-order valence-corrected chi connectivity index (χ2v) is 4.63. The molecule has 0 N–H and O–H groups in total. The smallest absolute Gasteiger partial charge is 0.192 e. The molecule has 5 nitrogen and oxygen atoms in total. The molecule has 0 fully saturated rings. The van der Waals surface area contributed by atoms with Crippen LogP contribution in [0.2, 0.25) is 0 Å². The largest absolute Gasteiger partial charge is 0.354 e. The first kappa shape index (κ1) is 11.0. The predicted molar refractivity (Wildman–Crippen MR) is 67.8 cm³/mol. The van der Waals surface area contributed by atoms with Gasteiger partial charge in [-0.2, -0.15) is 5.10 Å². The highest BCUT2D eigenvalue weighted by Gasteiger charge is 2.14. The summed E-state index contributed by atoms with van der Waals surface area (Å²) < 4.78 is 7.08. The minimum absolute atomic E-state index is 0.429. The first-order valence-electron chi connectivity index (χ1n) is 5.92. The number of fused-ring (bicyclic) bond motifs is 1. The van der Waals surface area contributed by atoms with E-state index in [0.29, 0.717) is 5.92 Å². The molecule has 92 valence electrons. The number of aryl methyl sites for hydroxylation is 1. The Kier molecular flexibility index (Phi) is 2.40. The number of rotatable bonds is 2. The molecule has 0 saturated carbocycles. The van der Waals surface area contributed by atoms with E-state index in [0.717, 1.165) is 22.5 Å². The van der Waals surface area contributed by atoms with E-state index in [4.69, 9.17) is 4.52 Å². The van der Waals surface area contributed by atoms with Gasteiger partial charge < -0.3 is 4.52 Å². The van der Waals surface area contributed by atoms with Crippen LogP contribution in [0.5, 0.6) is 0 Å². The third-order valence-corrected chi connectivity index (χ3v) is 3.01. The highest BCUT2D eigenvalue weighted by Crippen LogP contribution is 2.29. The van der Waals surface area contributed by atoms with Gasteiger partial charge in [0, 0.05) is 5.39 Å². The van der Waals surface area contributed by atoms with Crippen molar-refractivity contribution in [3.8, 4) is 5.69 Å². The lowest BCUT2D eigenvalue weighted by Crippen LogP contribution is -1.97. The van der Waals surface area contributed by atoms with Gasteiger partial charge >= 0.3 is 0 Å². The molecule has 0 saturated heterocycles.